The highest BCUT2D eigenvalue weighted by Crippen LogP contribution is 2.20. The van der Waals surface area contributed by atoms with Gasteiger partial charge in [-0.1, -0.05) is 23.7 Å². The van der Waals surface area contributed by atoms with Gasteiger partial charge in [-0.2, -0.15) is 0 Å². The van der Waals surface area contributed by atoms with Crippen LogP contribution in [0, 0.1) is 0 Å². The van der Waals surface area contributed by atoms with E-state index in [-0.39, 0.29) is 4.90 Å². The van der Waals surface area contributed by atoms with E-state index in [9.17, 15) is 13.2 Å². The zero-order chi connectivity index (χ0) is 20.1. The molecule has 0 saturated carbocycles. The summed E-state index contributed by atoms with van der Waals surface area (Å²) in [6.45, 7) is 2.22. The Morgan fingerprint density at radius 2 is 2.00 bits per heavy atom. The standard InChI is InChI=1S/C19H20ClN3O4S/c1-13(27-16-7-2-5-14(20)11-16)19(24)22-15-6-3-8-17(12-15)28(25,26)23-18-9-4-10-21-18/h2-3,5-8,11-13H,4,9-10H2,1H3,(H,21,23)(H,22,24). The summed E-state index contributed by atoms with van der Waals surface area (Å²) in [4.78, 5) is 16.5. The topological polar surface area (TPSA) is 96.9 Å². The number of benzene rings is 2. The lowest BCUT2D eigenvalue weighted by Crippen LogP contribution is -2.31. The molecule has 0 fully saturated rings. The Kier molecular flexibility index (Phi) is 6.21. The van der Waals surface area contributed by atoms with Crippen LogP contribution in [0.2, 0.25) is 5.02 Å². The van der Waals surface area contributed by atoms with Gasteiger partial charge in [0.15, 0.2) is 6.10 Å². The number of nitrogens with one attached hydrogen (secondary N) is 2. The normalized spacial score (nSPS) is 14.9. The molecule has 3 rings (SSSR count). The van der Waals surface area contributed by atoms with Gasteiger partial charge in [0.1, 0.15) is 11.6 Å². The van der Waals surface area contributed by atoms with E-state index in [1.165, 1.54) is 12.1 Å². The van der Waals surface area contributed by atoms with Crippen LogP contribution < -0.4 is 14.8 Å². The zero-order valence-electron chi connectivity index (χ0n) is 15.2. The number of nitrogens with zero attached hydrogens (tertiary/aromatic N) is 1. The molecule has 0 bridgehead atoms. The number of aliphatic imine (C=N–C) groups is 1. The van der Waals surface area contributed by atoms with Crippen LogP contribution in [-0.4, -0.2) is 32.8 Å². The predicted octanol–water partition coefficient (Wildman–Crippen LogP) is 3.22. The molecule has 1 amide bonds. The van der Waals surface area contributed by atoms with Crippen molar-refractivity contribution in [1.29, 1.82) is 0 Å². The number of rotatable bonds is 6. The van der Waals surface area contributed by atoms with E-state index in [0.717, 1.165) is 6.42 Å². The highest BCUT2D eigenvalue weighted by Gasteiger charge is 2.20. The third-order valence-corrected chi connectivity index (χ3v) is 5.63. The number of amidine groups is 1. The first-order valence-electron chi connectivity index (χ1n) is 8.73. The van der Waals surface area contributed by atoms with E-state index in [2.05, 4.69) is 15.0 Å². The molecule has 2 aromatic rings. The van der Waals surface area contributed by atoms with Crippen LogP contribution in [-0.2, 0) is 14.8 Å². The van der Waals surface area contributed by atoms with Crippen molar-refractivity contribution in [2.75, 3.05) is 11.9 Å². The van der Waals surface area contributed by atoms with Crippen molar-refractivity contribution in [2.24, 2.45) is 4.99 Å². The molecule has 148 valence electrons. The third kappa shape index (κ3) is 5.24. The van der Waals surface area contributed by atoms with E-state index in [0.29, 0.717) is 35.3 Å². The zero-order valence-corrected chi connectivity index (χ0v) is 16.8. The lowest BCUT2D eigenvalue weighted by molar-refractivity contribution is -0.122. The maximum Gasteiger partial charge on any atom is 0.265 e. The summed E-state index contributed by atoms with van der Waals surface area (Å²) in [5.74, 6) is 0.508. The smallest absolute Gasteiger partial charge is 0.265 e. The van der Waals surface area contributed by atoms with Gasteiger partial charge in [-0.15, -0.1) is 0 Å². The first kappa shape index (κ1) is 20.2. The van der Waals surface area contributed by atoms with Gasteiger partial charge >= 0.3 is 0 Å². The molecule has 0 spiro atoms. The molecule has 9 heteroatoms. The number of carbonyl (C=O) groups is 1. The minimum Gasteiger partial charge on any atom is -0.481 e. The second-order valence-electron chi connectivity index (χ2n) is 6.27. The Labute approximate surface area is 168 Å². The summed E-state index contributed by atoms with van der Waals surface area (Å²) in [5, 5.41) is 3.17. The van der Waals surface area contributed by atoms with Crippen molar-refractivity contribution in [1.82, 2.24) is 4.72 Å². The summed E-state index contributed by atoms with van der Waals surface area (Å²) in [6, 6.07) is 12.7. The molecule has 7 nitrogen and oxygen atoms in total. The Morgan fingerprint density at radius 1 is 1.21 bits per heavy atom. The van der Waals surface area contributed by atoms with Crippen molar-refractivity contribution < 1.29 is 17.9 Å². The second-order valence-corrected chi connectivity index (χ2v) is 8.39. The molecule has 28 heavy (non-hydrogen) atoms. The fourth-order valence-corrected chi connectivity index (χ4v) is 3.93. The van der Waals surface area contributed by atoms with E-state index >= 15 is 0 Å². The van der Waals surface area contributed by atoms with Gasteiger partial charge in [-0.05, 0) is 49.7 Å². The summed E-state index contributed by atoms with van der Waals surface area (Å²) >= 11 is 5.91. The van der Waals surface area contributed by atoms with E-state index in [4.69, 9.17) is 16.3 Å². The lowest BCUT2D eigenvalue weighted by Gasteiger charge is -2.15. The number of carbonyl (C=O) groups excluding carboxylic acids is 1. The van der Waals surface area contributed by atoms with Gasteiger partial charge < -0.3 is 10.1 Å². The van der Waals surface area contributed by atoms with Crippen molar-refractivity contribution in [3.8, 4) is 5.75 Å². The quantitative estimate of drug-likeness (QED) is 0.748. The average molecular weight is 422 g/mol. The van der Waals surface area contributed by atoms with Gasteiger partial charge in [0.25, 0.3) is 15.9 Å². The molecule has 1 unspecified atom stereocenters. The number of ether oxygens (including phenoxy) is 1. The van der Waals surface area contributed by atoms with Crippen LogP contribution in [0.5, 0.6) is 5.75 Å². The predicted molar refractivity (Wildman–Crippen MR) is 108 cm³/mol. The van der Waals surface area contributed by atoms with Crippen molar-refractivity contribution in [2.45, 2.75) is 30.8 Å². The monoisotopic (exact) mass is 421 g/mol. The summed E-state index contributed by atoms with van der Waals surface area (Å²) in [6.07, 6.45) is 0.636. The third-order valence-electron chi connectivity index (χ3n) is 4.02. The Balaban J connectivity index is 1.67. The van der Waals surface area contributed by atoms with E-state index in [1.807, 2.05) is 0 Å². The van der Waals surface area contributed by atoms with Crippen molar-refractivity contribution in [3.63, 3.8) is 0 Å². The summed E-state index contributed by atoms with van der Waals surface area (Å²) in [5.41, 5.74) is 0.350. The van der Waals surface area contributed by atoms with Crippen LogP contribution in [0.3, 0.4) is 0 Å². The van der Waals surface area contributed by atoms with Crippen molar-refractivity contribution >= 4 is 39.1 Å². The van der Waals surface area contributed by atoms with Crippen LogP contribution in [0.15, 0.2) is 58.4 Å². The first-order valence-corrected chi connectivity index (χ1v) is 10.6. The summed E-state index contributed by atoms with van der Waals surface area (Å²) < 4.78 is 33.0. The minimum atomic E-state index is -3.75. The number of anilines is 1. The molecule has 0 radical (unpaired) electrons. The maximum absolute atomic E-state index is 12.5. The van der Waals surface area contributed by atoms with Crippen LogP contribution in [0.25, 0.3) is 0 Å². The number of hydrogen-bond donors (Lipinski definition) is 2. The average Bonchev–Trinajstić information content (AvgIpc) is 3.14. The number of sulfonamides is 1. The fourth-order valence-electron chi connectivity index (χ4n) is 2.62. The molecule has 0 aliphatic carbocycles. The highest BCUT2D eigenvalue weighted by atomic mass is 35.5. The molecule has 2 N–H and O–H groups in total. The van der Waals surface area contributed by atoms with Gasteiger partial charge in [0.2, 0.25) is 0 Å². The molecule has 1 aliphatic heterocycles. The second kappa shape index (κ2) is 8.62. The molecule has 1 atom stereocenters. The van der Waals surface area contributed by atoms with Gasteiger partial charge in [0.05, 0.1) is 4.90 Å². The fraction of sp³-hybridized carbons (Fsp3) is 0.263. The number of halogens is 1. The van der Waals surface area contributed by atoms with Crippen LogP contribution >= 0.6 is 11.6 Å². The molecule has 1 aliphatic rings. The Bertz CT molecular complexity index is 1010. The first-order chi connectivity index (χ1) is 13.3. The SMILES string of the molecule is CC(Oc1cccc(Cl)c1)C(=O)Nc1cccc(S(=O)(=O)NC2=NCCC2)c1. The molecular weight excluding hydrogens is 402 g/mol. The van der Waals surface area contributed by atoms with Gasteiger partial charge in [-0.25, -0.2) is 8.42 Å². The minimum absolute atomic E-state index is 0.0447. The van der Waals surface area contributed by atoms with Crippen LogP contribution in [0.4, 0.5) is 5.69 Å². The Hall–Kier alpha value is -2.58. The van der Waals surface area contributed by atoms with Gasteiger partial charge in [-0.3, -0.25) is 14.5 Å². The molecule has 1 heterocycles. The number of hydrogen-bond acceptors (Lipinski definition) is 5. The maximum atomic E-state index is 12.5. The van der Waals surface area contributed by atoms with E-state index < -0.39 is 22.0 Å². The Morgan fingerprint density at radius 3 is 2.71 bits per heavy atom. The largest absolute Gasteiger partial charge is 0.481 e. The molecule has 0 aromatic heterocycles. The molecule has 2 aromatic carbocycles. The lowest BCUT2D eigenvalue weighted by atomic mass is 10.3. The van der Waals surface area contributed by atoms with Gasteiger partial charge in [0, 0.05) is 23.7 Å². The molecular formula is C19H20ClN3O4S. The van der Waals surface area contributed by atoms with Crippen LogP contribution in [0.1, 0.15) is 19.8 Å². The van der Waals surface area contributed by atoms with E-state index in [1.54, 1.807) is 43.3 Å². The molecule has 0 saturated heterocycles. The summed E-state index contributed by atoms with van der Waals surface area (Å²) in [7, 11) is -3.75. The number of amides is 1. The highest BCUT2D eigenvalue weighted by molar-refractivity contribution is 7.90. The van der Waals surface area contributed by atoms with Crippen molar-refractivity contribution in [3.05, 3.63) is 53.6 Å².